The molecular weight excluding hydrogens is 513 g/mol. The van der Waals surface area contributed by atoms with E-state index >= 15 is 0 Å². The second-order valence-electron chi connectivity index (χ2n) is 9.79. The SMILES string of the molecule is CC/C(=C\c1ccc(OC)cc1OC)CCCN(C)c1nc2c(c(=O)n(C)c(=O)n2C)n1Cc1cccc(F)c1. The minimum atomic E-state index is -0.450. The van der Waals surface area contributed by atoms with Gasteiger partial charge in [-0.2, -0.15) is 4.98 Å². The molecule has 0 unspecified atom stereocenters. The van der Waals surface area contributed by atoms with Crippen molar-refractivity contribution in [1.82, 2.24) is 18.7 Å². The number of anilines is 1. The summed E-state index contributed by atoms with van der Waals surface area (Å²) in [4.78, 5) is 32.5. The Bertz CT molecular complexity index is 1670. The number of ether oxygens (including phenoxy) is 2. The van der Waals surface area contributed by atoms with Gasteiger partial charge in [0.05, 0.1) is 20.8 Å². The van der Waals surface area contributed by atoms with Crippen molar-refractivity contribution in [2.45, 2.75) is 32.7 Å². The third-order valence-corrected chi connectivity index (χ3v) is 7.14. The predicted octanol–water partition coefficient (Wildman–Crippen LogP) is 4.35. The Morgan fingerprint density at radius 3 is 2.52 bits per heavy atom. The Labute approximate surface area is 232 Å². The summed E-state index contributed by atoms with van der Waals surface area (Å²) >= 11 is 0. The summed E-state index contributed by atoms with van der Waals surface area (Å²) in [7, 11) is 8.23. The third-order valence-electron chi connectivity index (χ3n) is 7.14. The average Bonchev–Trinajstić information content (AvgIpc) is 3.33. The zero-order valence-corrected chi connectivity index (χ0v) is 23.9. The van der Waals surface area contributed by atoms with E-state index in [2.05, 4.69) is 13.0 Å². The maximum Gasteiger partial charge on any atom is 0.332 e. The standard InChI is InChI=1S/C30H36FN5O4/c1-7-20(16-22-13-14-24(39-5)18-25(22)40-6)11-9-15-33(2)29-32-27-26(28(37)35(4)30(38)34(27)3)36(29)19-21-10-8-12-23(31)17-21/h8,10,12-14,16-18H,7,9,11,15,19H2,1-6H3/b20-16+. The molecular formula is C30H36FN5O4. The van der Waals surface area contributed by atoms with E-state index in [4.69, 9.17) is 14.5 Å². The second-order valence-corrected chi connectivity index (χ2v) is 9.79. The van der Waals surface area contributed by atoms with Gasteiger partial charge in [0.2, 0.25) is 5.95 Å². The summed E-state index contributed by atoms with van der Waals surface area (Å²) in [6, 6.07) is 12.0. The van der Waals surface area contributed by atoms with Gasteiger partial charge in [-0.25, -0.2) is 9.18 Å². The van der Waals surface area contributed by atoms with Crippen molar-refractivity contribution in [2.24, 2.45) is 14.1 Å². The molecule has 0 aliphatic rings. The first-order chi connectivity index (χ1) is 19.2. The van der Waals surface area contributed by atoms with Gasteiger partial charge in [0.25, 0.3) is 5.56 Å². The minimum absolute atomic E-state index is 0.235. The van der Waals surface area contributed by atoms with E-state index in [0.29, 0.717) is 29.2 Å². The largest absolute Gasteiger partial charge is 0.497 e. The molecule has 0 saturated carbocycles. The van der Waals surface area contributed by atoms with Gasteiger partial charge in [-0.15, -0.1) is 0 Å². The number of rotatable bonds is 11. The second kappa shape index (κ2) is 12.2. The number of aromatic nitrogens is 4. The number of nitrogens with zero attached hydrogens (tertiary/aromatic N) is 5. The highest BCUT2D eigenvalue weighted by atomic mass is 19.1. The monoisotopic (exact) mass is 549 g/mol. The van der Waals surface area contributed by atoms with Crippen LogP contribution in [0, 0.1) is 5.82 Å². The lowest BCUT2D eigenvalue weighted by molar-refractivity contribution is 0.393. The molecule has 0 N–H and O–H groups in total. The molecule has 0 spiro atoms. The number of benzene rings is 2. The van der Waals surface area contributed by atoms with Crippen molar-refractivity contribution in [3.05, 3.63) is 85.8 Å². The van der Waals surface area contributed by atoms with Gasteiger partial charge in [-0.1, -0.05) is 30.7 Å². The van der Waals surface area contributed by atoms with Gasteiger partial charge < -0.3 is 14.4 Å². The Hall–Kier alpha value is -4.34. The van der Waals surface area contributed by atoms with E-state index in [1.165, 1.54) is 29.3 Å². The van der Waals surface area contributed by atoms with Crippen LogP contribution < -0.4 is 25.6 Å². The first-order valence-electron chi connectivity index (χ1n) is 13.2. The molecule has 4 aromatic rings. The van der Waals surface area contributed by atoms with Gasteiger partial charge in [-0.05, 0) is 49.1 Å². The molecule has 40 heavy (non-hydrogen) atoms. The number of halogens is 1. The molecule has 0 fully saturated rings. The smallest absolute Gasteiger partial charge is 0.332 e. The van der Waals surface area contributed by atoms with E-state index in [0.717, 1.165) is 40.9 Å². The van der Waals surface area contributed by atoms with Crippen LogP contribution in [0.5, 0.6) is 11.5 Å². The van der Waals surface area contributed by atoms with Crippen molar-refractivity contribution in [3.8, 4) is 11.5 Å². The average molecular weight is 550 g/mol. The molecule has 0 aliphatic heterocycles. The van der Waals surface area contributed by atoms with Crippen molar-refractivity contribution >= 4 is 23.2 Å². The first kappa shape index (κ1) is 28.7. The highest BCUT2D eigenvalue weighted by molar-refractivity contribution is 5.74. The van der Waals surface area contributed by atoms with Crippen LogP contribution in [0.25, 0.3) is 17.2 Å². The van der Waals surface area contributed by atoms with Crippen molar-refractivity contribution < 1.29 is 13.9 Å². The lowest BCUT2D eigenvalue weighted by Crippen LogP contribution is -2.37. The number of allylic oxidation sites excluding steroid dienone is 1. The molecule has 0 saturated heterocycles. The molecule has 2 heterocycles. The number of aryl methyl sites for hydroxylation is 1. The molecule has 0 amide bonds. The molecule has 0 aliphatic carbocycles. The van der Waals surface area contributed by atoms with Gasteiger partial charge >= 0.3 is 5.69 Å². The van der Waals surface area contributed by atoms with E-state index in [1.807, 2.05) is 30.1 Å². The first-order valence-corrected chi connectivity index (χ1v) is 13.2. The Morgan fingerprint density at radius 1 is 1.07 bits per heavy atom. The van der Waals surface area contributed by atoms with Crippen molar-refractivity contribution in [1.29, 1.82) is 0 Å². The molecule has 0 bridgehead atoms. The molecule has 10 heteroatoms. The highest BCUT2D eigenvalue weighted by Crippen LogP contribution is 2.28. The zero-order chi connectivity index (χ0) is 29.0. The number of fused-ring (bicyclic) bond motifs is 1. The van der Waals surface area contributed by atoms with Crippen LogP contribution in [0.1, 0.15) is 37.3 Å². The summed E-state index contributed by atoms with van der Waals surface area (Å²) < 4.78 is 29.0. The lowest BCUT2D eigenvalue weighted by Gasteiger charge is -2.20. The Morgan fingerprint density at radius 2 is 1.85 bits per heavy atom. The van der Waals surface area contributed by atoms with Crippen LogP contribution in [0.4, 0.5) is 10.3 Å². The summed E-state index contributed by atoms with van der Waals surface area (Å²) in [6.45, 7) is 3.01. The van der Waals surface area contributed by atoms with Gasteiger partial charge in [0, 0.05) is 39.3 Å². The number of hydrogen-bond acceptors (Lipinski definition) is 6. The molecule has 9 nitrogen and oxygen atoms in total. The van der Waals surface area contributed by atoms with Crippen LogP contribution >= 0.6 is 0 Å². The zero-order valence-electron chi connectivity index (χ0n) is 23.9. The predicted molar refractivity (Wildman–Crippen MR) is 156 cm³/mol. The molecule has 0 atom stereocenters. The van der Waals surface area contributed by atoms with Crippen LogP contribution in [-0.4, -0.2) is 46.5 Å². The summed E-state index contributed by atoms with van der Waals surface area (Å²) in [5, 5.41) is 0. The van der Waals surface area contributed by atoms with Crippen LogP contribution in [0.3, 0.4) is 0 Å². The number of imidazole rings is 1. The number of hydrogen-bond donors (Lipinski definition) is 0. The van der Waals surface area contributed by atoms with Gasteiger partial charge in [0.15, 0.2) is 11.2 Å². The minimum Gasteiger partial charge on any atom is -0.497 e. The fraction of sp³-hybridized carbons (Fsp3) is 0.367. The van der Waals surface area contributed by atoms with Crippen LogP contribution in [0.15, 0.2) is 57.6 Å². The van der Waals surface area contributed by atoms with Gasteiger partial charge in [0.1, 0.15) is 17.3 Å². The normalized spacial score (nSPS) is 11.7. The summed E-state index contributed by atoms with van der Waals surface area (Å²) in [6.07, 6.45) is 4.71. The molecule has 212 valence electrons. The van der Waals surface area contributed by atoms with E-state index in [-0.39, 0.29) is 12.4 Å². The number of methoxy groups -OCH3 is 2. The van der Waals surface area contributed by atoms with E-state index < -0.39 is 11.2 Å². The Kier molecular flexibility index (Phi) is 8.77. The van der Waals surface area contributed by atoms with Crippen molar-refractivity contribution in [3.63, 3.8) is 0 Å². The quantitative estimate of drug-likeness (QED) is 0.277. The fourth-order valence-corrected chi connectivity index (χ4v) is 4.85. The highest BCUT2D eigenvalue weighted by Gasteiger charge is 2.21. The summed E-state index contributed by atoms with van der Waals surface area (Å²) in [5.41, 5.74) is 2.65. The van der Waals surface area contributed by atoms with E-state index in [1.54, 1.807) is 38.0 Å². The molecule has 0 radical (unpaired) electrons. The Balaban J connectivity index is 1.63. The van der Waals surface area contributed by atoms with Crippen LogP contribution in [0.2, 0.25) is 0 Å². The summed E-state index contributed by atoms with van der Waals surface area (Å²) in [5.74, 6) is 1.67. The molecule has 2 aromatic carbocycles. The van der Waals surface area contributed by atoms with Crippen molar-refractivity contribution in [2.75, 3.05) is 32.7 Å². The molecule has 2 aromatic heterocycles. The third kappa shape index (κ3) is 5.80. The maximum atomic E-state index is 14.0. The molecule has 4 rings (SSSR count). The van der Waals surface area contributed by atoms with Gasteiger partial charge in [-0.3, -0.25) is 18.5 Å². The van der Waals surface area contributed by atoms with E-state index in [9.17, 15) is 14.0 Å². The topological polar surface area (TPSA) is 83.5 Å². The fourth-order valence-electron chi connectivity index (χ4n) is 4.85. The lowest BCUT2D eigenvalue weighted by atomic mass is 10.0. The van der Waals surface area contributed by atoms with Crippen LogP contribution in [-0.2, 0) is 20.6 Å². The maximum absolute atomic E-state index is 14.0.